The lowest BCUT2D eigenvalue weighted by molar-refractivity contribution is 0.0619. The van der Waals surface area contributed by atoms with Crippen molar-refractivity contribution in [1.29, 1.82) is 0 Å². The number of amides is 1. The van der Waals surface area contributed by atoms with Gasteiger partial charge in [0.05, 0.1) is 11.9 Å². The zero-order valence-electron chi connectivity index (χ0n) is 15.3. The Kier molecular flexibility index (Phi) is 5.32. The van der Waals surface area contributed by atoms with Gasteiger partial charge >= 0.3 is 0 Å². The highest BCUT2D eigenvalue weighted by Gasteiger charge is 2.26. The summed E-state index contributed by atoms with van der Waals surface area (Å²) in [5.74, 6) is -0.337. The molecule has 1 aromatic heterocycles. The first-order chi connectivity index (χ1) is 13.6. The summed E-state index contributed by atoms with van der Waals surface area (Å²) in [6, 6.07) is 17.2. The van der Waals surface area contributed by atoms with Crippen LogP contribution in [-0.4, -0.2) is 56.8 Å². The number of carbonyl (C=O) groups excluding carboxylic acids is 1. The third-order valence-electron chi connectivity index (χ3n) is 4.90. The molecule has 7 heteroatoms. The van der Waals surface area contributed by atoms with E-state index in [2.05, 4.69) is 10.00 Å². The third-order valence-corrected chi connectivity index (χ3v) is 5.15. The van der Waals surface area contributed by atoms with Gasteiger partial charge in [0.2, 0.25) is 0 Å². The SMILES string of the molecule is O=C(c1nn(-c2ccccc2)cc1O)N1CCN(Cc2ccc(Cl)cc2)CC1. The Morgan fingerprint density at radius 1 is 1.00 bits per heavy atom. The molecule has 0 atom stereocenters. The van der Waals surface area contributed by atoms with E-state index in [0.717, 1.165) is 30.3 Å². The molecule has 0 unspecified atom stereocenters. The first-order valence-electron chi connectivity index (χ1n) is 9.20. The fraction of sp³-hybridized carbons (Fsp3) is 0.238. The molecule has 0 radical (unpaired) electrons. The van der Waals surface area contributed by atoms with E-state index in [9.17, 15) is 9.90 Å². The second-order valence-corrected chi connectivity index (χ2v) is 7.27. The maximum Gasteiger partial charge on any atom is 0.278 e. The van der Waals surface area contributed by atoms with Crippen LogP contribution in [0.4, 0.5) is 0 Å². The molecule has 0 spiro atoms. The van der Waals surface area contributed by atoms with Crippen LogP contribution >= 0.6 is 11.6 Å². The van der Waals surface area contributed by atoms with Crippen molar-refractivity contribution in [1.82, 2.24) is 19.6 Å². The van der Waals surface area contributed by atoms with Crippen LogP contribution in [0.1, 0.15) is 16.1 Å². The van der Waals surface area contributed by atoms with Gasteiger partial charge in [-0.3, -0.25) is 9.69 Å². The largest absolute Gasteiger partial charge is 0.504 e. The monoisotopic (exact) mass is 396 g/mol. The minimum atomic E-state index is -0.238. The van der Waals surface area contributed by atoms with Crippen molar-refractivity contribution in [3.63, 3.8) is 0 Å². The van der Waals surface area contributed by atoms with E-state index in [1.807, 2.05) is 54.6 Å². The van der Waals surface area contributed by atoms with Crippen LogP contribution in [0, 0.1) is 0 Å². The standard InChI is InChI=1S/C21H21ClN4O2/c22-17-8-6-16(7-9-17)14-24-10-12-25(13-11-24)21(28)20-19(27)15-26(23-20)18-4-2-1-3-5-18/h1-9,15,27H,10-14H2. The highest BCUT2D eigenvalue weighted by molar-refractivity contribution is 6.30. The zero-order valence-corrected chi connectivity index (χ0v) is 16.1. The number of aromatic nitrogens is 2. The molecule has 28 heavy (non-hydrogen) atoms. The van der Waals surface area contributed by atoms with Crippen molar-refractivity contribution in [2.75, 3.05) is 26.2 Å². The first kappa shape index (κ1) is 18.5. The van der Waals surface area contributed by atoms with Gasteiger partial charge in [-0.15, -0.1) is 0 Å². The highest BCUT2D eigenvalue weighted by Crippen LogP contribution is 2.21. The number of piperazine rings is 1. The second-order valence-electron chi connectivity index (χ2n) is 6.84. The number of nitrogens with zero attached hydrogens (tertiary/aromatic N) is 4. The molecule has 2 aromatic carbocycles. The minimum Gasteiger partial charge on any atom is -0.504 e. The third kappa shape index (κ3) is 4.03. The summed E-state index contributed by atoms with van der Waals surface area (Å²) in [5.41, 5.74) is 2.09. The normalized spacial score (nSPS) is 15.0. The maximum absolute atomic E-state index is 12.8. The summed E-state index contributed by atoms with van der Waals surface area (Å²) < 4.78 is 1.53. The lowest BCUT2D eigenvalue weighted by Gasteiger charge is -2.34. The topological polar surface area (TPSA) is 61.6 Å². The lowest BCUT2D eigenvalue weighted by atomic mass is 10.2. The molecule has 1 aliphatic heterocycles. The van der Waals surface area contributed by atoms with Crippen LogP contribution in [0.15, 0.2) is 60.8 Å². The van der Waals surface area contributed by atoms with Crippen molar-refractivity contribution in [2.45, 2.75) is 6.54 Å². The number of hydrogen-bond acceptors (Lipinski definition) is 4. The van der Waals surface area contributed by atoms with Gasteiger partial charge in [0.1, 0.15) is 0 Å². The molecule has 1 N–H and O–H groups in total. The fourth-order valence-corrected chi connectivity index (χ4v) is 3.46. The van der Waals surface area contributed by atoms with E-state index < -0.39 is 0 Å². The smallest absolute Gasteiger partial charge is 0.278 e. The average molecular weight is 397 g/mol. The van der Waals surface area contributed by atoms with E-state index in [4.69, 9.17) is 11.6 Å². The van der Waals surface area contributed by atoms with Gasteiger partial charge in [-0.25, -0.2) is 4.68 Å². The van der Waals surface area contributed by atoms with E-state index in [0.29, 0.717) is 13.1 Å². The molecule has 0 saturated carbocycles. The number of halogens is 1. The molecule has 2 heterocycles. The van der Waals surface area contributed by atoms with Crippen LogP contribution in [-0.2, 0) is 6.54 Å². The lowest BCUT2D eigenvalue weighted by Crippen LogP contribution is -2.48. The van der Waals surface area contributed by atoms with Crippen molar-refractivity contribution in [3.8, 4) is 11.4 Å². The Labute approximate surface area is 168 Å². The fourth-order valence-electron chi connectivity index (χ4n) is 3.34. The molecule has 1 amide bonds. The molecule has 144 valence electrons. The molecule has 3 aromatic rings. The van der Waals surface area contributed by atoms with Crippen LogP contribution in [0.25, 0.3) is 5.69 Å². The predicted octanol–water partition coefficient (Wildman–Crippen LogP) is 3.19. The molecule has 1 fully saturated rings. The molecule has 6 nitrogen and oxygen atoms in total. The number of rotatable bonds is 4. The molecule has 4 rings (SSSR count). The second kappa shape index (κ2) is 8.04. The van der Waals surface area contributed by atoms with Gasteiger partial charge in [-0.1, -0.05) is 41.9 Å². The highest BCUT2D eigenvalue weighted by atomic mass is 35.5. The Bertz CT molecular complexity index is 948. The van der Waals surface area contributed by atoms with Gasteiger partial charge in [0, 0.05) is 37.7 Å². The number of para-hydroxylation sites is 1. The van der Waals surface area contributed by atoms with E-state index >= 15 is 0 Å². The van der Waals surface area contributed by atoms with Crippen molar-refractivity contribution >= 4 is 17.5 Å². The summed E-state index contributed by atoms with van der Waals surface area (Å²) in [6.07, 6.45) is 1.47. The quantitative estimate of drug-likeness (QED) is 0.735. The summed E-state index contributed by atoms with van der Waals surface area (Å²) in [7, 11) is 0. The van der Waals surface area contributed by atoms with Crippen LogP contribution < -0.4 is 0 Å². The number of benzene rings is 2. The first-order valence-corrected chi connectivity index (χ1v) is 9.58. The molecular weight excluding hydrogens is 376 g/mol. The van der Waals surface area contributed by atoms with E-state index in [-0.39, 0.29) is 17.4 Å². The zero-order chi connectivity index (χ0) is 19.5. The maximum atomic E-state index is 12.8. The Morgan fingerprint density at radius 3 is 2.36 bits per heavy atom. The van der Waals surface area contributed by atoms with Gasteiger partial charge in [0.25, 0.3) is 5.91 Å². The number of carbonyl (C=O) groups is 1. The van der Waals surface area contributed by atoms with Crippen molar-refractivity contribution in [3.05, 3.63) is 77.1 Å². The van der Waals surface area contributed by atoms with Crippen LogP contribution in [0.3, 0.4) is 0 Å². The number of hydrogen-bond donors (Lipinski definition) is 1. The Balaban J connectivity index is 1.39. The Morgan fingerprint density at radius 2 is 1.68 bits per heavy atom. The molecular formula is C21H21ClN4O2. The summed E-state index contributed by atoms with van der Waals surface area (Å²) in [5, 5.41) is 15.2. The van der Waals surface area contributed by atoms with E-state index in [1.165, 1.54) is 16.4 Å². The molecule has 1 aliphatic rings. The van der Waals surface area contributed by atoms with Gasteiger partial charge in [0.15, 0.2) is 11.4 Å². The Hall–Kier alpha value is -2.83. The molecule has 0 aliphatic carbocycles. The van der Waals surface area contributed by atoms with Crippen LogP contribution in [0.2, 0.25) is 5.02 Å². The predicted molar refractivity (Wildman–Crippen MR) is 108 cm³/mol. The summed E-state index contributed by atoms with van der Waals surface area (Å²) in [6.45, 7) is 3.57. The minimum absolute atomic E-state index is 0.0926. The van der Waals surface area contributed by atoms with Gasteiger partial charge < -0.3 is 10.0 Å². The number of aromatic hydroxyl groups is 1. The van der Waals surface area contributed by atoms with Crippen molar-refractivity contribution < 1.29 is 9.90 Å². The van der Waals surface area contributed by atoms with Gasteiger partial charge in [-0.2, -0.15) is 5.10 Å². The summed E-state index contributed by atoms with van der Waals surface area (Å²) in [4.78, 5) is 16.9. The summed E-state index contributed by atoms with van der Waals surface area (Å²) >= 11 is 5.93. The van der Waals surface area contributed by atoms with Gasteiger partial charge in [-0.05, 0) is 29.8 Å². The molecule has 1 saturated heterocycles. The average Bonchev–Trinajstić information content (AvgIpc) is 3.12. The van der Waals surface area contributed by atoms with Crippen LogP contribution in [0.5, 0.6) is 5.75 Å². The van der Waals surface area contributed by atoms with E-state index in [1.54, 1.807) is 4.90 Å². The molecule has 0 bridgehead atoms. The van der Waals surface area contributed by atoms with Crippen molar-refractivity contribution in [2.24, 2.45) is 0 Å².